The zero-order chi connectivity index (χ0) is 15.9. The number of rotatable bonds is 2. The van der Waals surface area contributed by atoms with Gasteiger partial charge >= 0.3 is 0 Å². The van der Waals surface area contributed by atoms with Crippen LogP contribution in [-0.4, -0.2) is 4.98 Å². The molecule has 1 aromatic heterocycles. The topological polar surface area (TPSA) is 15.8 Å². The molecular formula is C21H25N. The van der Waals surface area contributed by atoms with Gasteiger partial charge in [-0.3, -0.25) is 0 Å². The Hall–Kier alpha value is -2.02. The highest BCUT2D eigenvalue weighted by molar-refractivity contribution is 5.87. The summed E-state index contributed by atoms with van der Waals surface area (Å²) < 4.78 is 0. The van der Waals surface area contributed by atoms with Crippen LogP contribution in [0.2, 0.25) is 0 Å². The SMILES string of the molecule is CC(C)c1ccc(-c2cc3cc[nH]c3cc2C(C)(C)C)cc1. The Bertz CT molecular complexity index is 783. The molecule has 0 aliphatic heterocycles. The molecule has 0 atom stereocenters. The molecular weight excluding hydrogens is 266 g/mol. The highest BCUT2D eigenvalue weighted by Gasteiger charge is 2.20. The zero-order valence-corrected chi connectivity index (χ0v) is 14.2. The van der Waals surface area contributed by atoms with Gasteiger partial charge in [-0.1, -0.05) is 58.9 Å². The summed E-state index contributed by atoms with van der Waals surface area (Å²) in [5.41, 5.74) is 6.76. The fourth-order valence-corrected chi connectivity index (χ4v) is 3.01. The van der Waals surface area contributed by atoms with E-state index in [9.17, 15) is 0 Å². The zero-order valence-electron chi connectivity index (χ0n) is 14.2. The fourth-order valence-electron chi connectivity index (χ4n) is 3.01. The van der Waals surface area contributed by atoms with E-state index in [1.807, 2.05) is 6.20 Å². The third kappa shape index (κ3) is 2.68. The average molecular weight is 291 g/mol. The van der Waals surface area contributed by atoms with Gasteiger partial charge in [-0.05, 0) is 57.2 Å². The Morgan fingerprint density at radius 2 is 1.59 bits per heavy atom. The van der Waals surface area contributed by atoms with E-state index < -0.39 is 0 Å². The largest absolute Gasteiger partial charge is 0.361 e. The van der Waals surface area contributed by atoms with E-state index >= 15 is 0 Å². The number of aromatic amines is 1. The summed E-state index contributed by atoms with van der Waals surface area (Å²) in [6, 6.07) is 15.8. The van der Waals surface area contributed by atoms with Crippen molar-refractivity contribution in [2.75, 3.05) is 0 Å². The number of nitrogens with one attached hydrogen (secondary N) is 1. The van der Waals surface area contributed by atoms with Crippen LogP contribution in [0.5, 0.6) is 0 Å². The van der Waals surface area contributed by atoms with E-state index in [-0.39, 0.29) is 5.41 Å². The second-order valence-corrected chi connectivity index (χ2v) is 7.49. The second kappa shape index (κ2) is 5.31. The Kier molecular flexibility index (Phi) is 3.60. The van der Waals surface area contributed by atoms with Crippen LogP contribution in [0.25, 0.3) is 22.0 Å². The summed E-state index contributed by atoms with van der Waals surface area (Å²) in [5.74, 6) is 0.572. The van der Waals surface area contributed by atoms with Crippen LogP contribution < -0.4 is 0 Å². The minimum absolute atomic E-state index is 0.116. The molecule has 0 bridgehead atoms. The molecule has 2 aromatic carbocycles. The molecule has 1 nitrogen and oxygen atoms in total. The van der Waals surface area contributed by atoms with E-state index in [0.29, 0.717) is 5.92 Å². The normalized spacial score (nSPS) is 12.3. The lowest BCUT2D eigenvalue weighted by Crippen LogP contribution is -2.12. The molecule has 0 radical (unpaired) electrons. The number of aromatic nitrogens is 1. The van der Waals surface area contributed by atoms with E-state index in [1.165, 1.54) is 33.2 Å². The first-order chi connectivity index (χ1) is 10.4. The Balaban J connectivity index is 2.19. The molecule has 114 valence electrons. The molecule has 22 heavy (non-hydrogen) atoms. The number of hydrogen-bond donors (Lipinski definition) is 1. The third-order valence-electron chi connectivity index (χ3n) is 4.39. The lowest BCUT2D eigenvalue weighted by atomic mass is 9.81. The predicted molar refractivity (Wildman–Crippen MR) is 96.5 cm³/mol. The maximum atomic E-state index is 3.33. The Morgan fingerprint density at radius 3 is 2.18 bits per heavy atom. The number of H-pyrrole nitrogens is 1. The Labute approximate surface area is 133 Å². The number of hydrogen-bond acceptors (Lipinski definition) is 0. The highest BCUT2D eigenvalue weighted by Crippen LogP contribution is 2.36. The smallest absolute Gasteiger partial charge is 0.0457 e. The molecule has 3 aromatic rings. The number of benzene rings is 2. The first-order valence-corrected chi connectivity index (χ1v) is 8.08. The minimum Gasteiger partial charge on any atom is -0.361 e. The molecule has 1 N–H and O–H groups in total. The molecule has 1 heteroatoms. The van der Waals surface area contributed by atoms with Gasteiger partial charge in [-0.25, -0.2) is 0 Å². The van der Waals surface area contributed by atoms with Gasteiger partial charge in [0.25, 0.3) is 0 Å². The van der Waals surface area contributed by atoms with Gasteiger partial charge in [0.15, 0.2) is 0 Å². The molecule has 3 rings (SSSR count). The first kappa shape index (κ1) is 14.9. The van der Waals surface area contributed by atoms with Crippen molar-refractivity contribution in [2.24, 2.45) is 0 Å². The summed E-state index contributed by atoms with van der Waals surface area (Å²) in [5, 5.41) is 1.27. The summed E-state index contributed by atoms with van der Waals surface area (Å²) in [7, 11) is 0. The van der Waals surface area contributed by atoms with Gasteiger partial charge in [0.2, 0.25) is 0 Å². The predicted octanol–water partition coefficient (Wildman–Crippen LogP) is 6.26. The van der Waals surface area contributed by atoms with Crippen LogP contribution in [-0.2, 0) is 5.41 Å². The van der Waals surface area contributed by atoms with Crippen molar-refractivity contribution in [3.63, 3.8) is 0 Å². The third-order valence-corrected chi connectivity index (χ3v) is 4.39. The van der Waals surface area contributed by atoms with Gasteiger partial charge in [-0.15, -0.1) is 0 Å². The van der Waals surface area contributed by atoms with E-state index in [0.717, 1.165) is 0 Å². The quantitative estimate of drug-likeness (QED) is 0.574. The van der Waals surface area contributed by atoms with Crippen LogP contribution in [0.1, 0.15) is 51.7 Å². The summed E-state index contributed by atoms with van der Waals surface area (Å²) in [6.07, 6.45) is 2.02. The monoisotopic (exact) mass is 291 g/mol. The van der Waals surface area contributed by atoms with Crippen molar-refractivity contribution in [1.29, 1.82) is 0 Å². The van der Waals surface area contributed by atoms with Crippen molar-refractivity contribution in [2.45, 2.75) is 46.0 Å². The maximum Gasteiger partial charge on any atom is 0.0457 e. The van der Waals surface area contributed by atoms with E-state index in [2.05, 4.69) is 82.1 Å². The molecule has 0 spiro atoms. The second-order valence-electron chi connectivity index (χ2n) is 7.49. The maximum absolute atomic E-state index is 3.33. The fraction of sp³-hybridized carbons (Fsp3) is 0.333. The first-order valence-electron chi connectivity index (χ1n) is 8.08. The lowest BCUT2D eigenvalue weighted by molar-refractivity contribution is 0.592. The molecule has 0 unspecified atom stereocenters. The van der Waals surface area contributed by atoms with Gasteiger partial charge in [0, 0.05) is 11.7 Å². The van der Waals surface area contributed by atoms with Crippen molar-refractivity contribution in [3.05, 3.63) is 59.8 Å². The van der Waals surface area contributed by atoms with Gasteiger partial charge in [0.1, 0.15) is 0 Å². The van der Waals surface area contributed by atoms with E-state index in [1.54, 1.807) is 0 Å². The molecule has 0 fully saturated rings. The van der Waals surface area contributed by atoms with Gasteiger partial charge < -0.3 is 4.98 Å². The standard InChI is InChI=1S/C21H25N/c1-14(2)15-6-8-16(9-7-15)18-12-17-10-11-22-20(17)13-19(18)21(3,4)5/h6-14,22H,1-5H3. The summed E-state index contributed by atoms with van der Waals surface area (Å²) in [6.45, 7) is 11.3. The molecule has 0 aliphatic rings. The van der Waals surface area contributed by atoms with Crippen molar-refractivity contribution in [1.82, 2.24) is 4.98 Å². The Morgan fingerprint density at radius 1 is 0.909 bits per heavy atom. The van der Waals surface area contributed by atoms with Crippen molar-refractivity contribution < 1.29 is 0 Å². The van der Waals surface area contributed by atoms with Gasteiger partial charge in [0.05, 0.1) is 0 Å². The van der Waals surface area contributed by atoms with Crippen LogP contribution in [0.15, 0.2) is 48.7 Å². The van der Waals surface area contributed by atoms with Crippen LogP contribution in [0.3, 0.4) is 0 Å². The lowest BCUT2D eigenvalue weighted by Gasteiger charge is -2.23. The van der Waals surface area contributed by atoms with Crippen molar-refractivity contribution in [3.8, 4) is 11.1 Å². The van der Waals surface area contributed by atoms with Crippen LogP contribution in [0.4, 0.5) is 0 Å². The number of fused-ring (bicyclic) bond motifs is 1. The van der Waals surface area contributed by atoms with Crippen LogP contribution >= 0.6 is 0 Å². The average Bonchev–Trinajstić information content (AvgIpc) is 2.92. The molecule has 0 aliphatic carbocycles. The minimum atomic E-state index is 0.116. The summed E-state index contributed by atoms with van der Waals surface area (Å²) >= 11 is 0. The van der Waals surface area contributed by atoms with Gasteiger partial charge in [-0.2, -0.15) is 0 Å². The summed E-state index contributed by atoms with van der Waals surface area (Å²) in [4.78, 5) is 3.33. The molecule has 0 amide bonds. The molecule has 0 saturated heterocycles. The van der Waals surface area contributed by atoms with Crippen molar-refractivity contribution >= 4 is 10.9 Å². The van der Waals surface area contributed by atoms with Crippen LogP contribution in [0, 0.1) is 0 Å². The molecule has 0 saturated carbocycles. The molecule has 1 heterocycles. The highest BCUT2D eigenvalue weighted by atomic mass is 14.7. The van der Waals surface area contributed by atoms with E-state index in [4.69, 9.17) is 0 Å².